The van der Waals surface area contributed by atoms with Crippen molar-refractivity contribution in [3.8, 4) is 44.4 Å². The van der Waals surface area contributed by atoms with Gasteiger partial charge in [-0.3, -0.25) is 33.5 Å². The topological polar surface area (TPSA) is 264 Å². The molecule has 4 aromatic heterocycles. The summed E-state index contributed by atoms with van der Waals surface area (Å²) in [4.78, 5) is 105. The number of carboxylic acids is 1. The number of amides is 3. The predicted molar refractivity (Wildman–Crippen MR) is 377 cm³/mol. The fraction of sp³-hybridized carbons (Fsp3) is 0.547. The van der Waals surface area contributed by atoms with Crippen LogP contribution in [0, 0.1) is 60.2 Å². The summed E-state index contributed by atoms with van der Waals surface area (Å²) < 4.78 is 52.7. The van der Waals surface area contributed by atoms with E-state index in [4.69, 9.17) is 38.9 Å². The van der Waals surface area contributed by atoms with Crippen molar-refractivity contribution in [2.75, 3.05) is 41.4 Å². The first kappa shape index (κ1) is 70.2. The fourth-order valence-corrected chi connectivity index (χ4v) is 18.4. The Kier molecular flexibility index (Phi) is 20.5. The summed E-state index contributed by atoms with van der Waals surface area (Å²) in [7, 11) is 3.05. The second kappa shape index (κ2) is 28.5. The number of nitrogens with one attached hydrogen (secondary N) is 1. The van der Waals surface area contributed by atoms with E-state index in [-0.39, 0.29) is 59.9 Å². The lowest BCUT2D eigenvalue weighted by molar-refractivity contribution is -0.147. The van der Waals surface area contributed by atoms with E-state index < -0.39 is 73.9 Å². The van der Waals surface area contributed by atoms with Crippen molar-refractivity contribution in [1.82, 2.24) is 34.5 Å². The number of ketones is 2. The SMILES string of the molecule is COc1ccc2c(O[C@@H]3C[C@H]4C(=O)C[C@]5(C(=O)NS(=O)(=O)C6CC6)C[C@H]5/C=C\CCCCN(C)C(=O)[C@@H]4C3)cc(-c3nc(C(C)C)cs3)nc2c1C.COc1ccc2c(O[C@@H]3C[C@H]4C(=O)C[C@]5(C(=O)O)C[C@H]5/C=C\CCCCN(C)C(=O)[C@@H]4C3)cc(-c3nc(C(C)C)cs3)nc2c1C. The van der Waals surface area contributed by atoms with Crippen LogP contribution in [0.5, 0.6) is 23.0 Å². The molecule has 3 amide bonds. The van der Waals surface area contributed by atoms with Gasteiger partial charge in [0.05, 0.1) is 64.6 Å². The van der Waals surface area contributed by atoms with Gasteiger partial charge in [0.15, 0.2) is 0 Å². The third-order valence-corrected chi connectivity index (χ3v) is 25.1. The number of thiazole rings is 2. The zero-order valence-electron chi connectivity index (χ0n) is 57.8. The van der Waals surface area contributed by atoms with Gasteiger partial charge in [-0.1, -0.05) is 52.0 Å². The van der Waals surface area contributed by atoms with Gasteiger partial charge in [0.25, 0.3) is 0 Å². The maximum Gasteiger partial charge on any atom is 0.310 e. The van der Waals surface area contributed by atoms with Gasteiger partial charge in [-0.05, 0) is 152 Å². The Bertz CT molecular complexity index is 4270. The highest BCUT2D eigenvalue weighted by Gasteiger charge is 2.63. The Morgan fingerprint density at radius 3 is 1.46 bits per heavy atom. The Balaban J connectivity index is 0.000000188. The Hall–Kier alpha value is -7.63. The Labute approximate surface area is 581 Å². The molecule has 98 heavy (non-hydrogen) atoms. The molecule has 23 heteroatoms. The lowest BCUT2D eigenvalue weighted by Gasteiger charge is -2.26. The van der Waals surface area contributed by atoms with Crippen molar-refractivity contribution in [1.29, 1.82) is 0 Å². The van der Waals surface area contributed by atoms with Gasteiger partial charge in [-0.25, -0.2) is 28.4 Å². The van der Waals surface area contributed by atoms with Crippen LogP contribution in [0.15, 0.2) is 71.5 Å². The number of carbonyl (C=O) groups excluding carboxylic acids is 5. The number of allylic oxidation sites excluding steroid dienone is 4. The van der Waals surface area contributed by atoms with Crippen LogP contribution in [0.2, 0.25) is 0 Å². The number of Topliss-reactive ketones (excluding diaryl/α,β-unsaturated/α-hetero) is 2. The third-order valence-electron chi connectivity index (χ3n) is 21.5. The molecule has 5 fully saturated rings. The first-order valence-electron chi connectivity index (χ1n) is 34.7. The number of aliphatic carboxylic acids is 1. The van der Waals surface area contributed by atoms with Crippen molar-refractivity contribution < 1.29 is 61.2 Å². The number of carboxylic acid groups (broad SMARTS) is 1. The molecule has 5 aliphatic carbocycles. The van der Waals surface area contributed by atoms with E-state index in [1.165, 1.54) is 22.7 Å². The van der Waals surface area contributed by atoms with E-state index in [0.717, 1.165) is 98.6 Å². The lowest BCUT2D eigenvalue weighted by atomic mass is 9.84. The van der Waals surface area contributed by atoms with Crippen LogP contribution in [0.25, 0.3) is 43.2 Å². The van der Waals surface area contributed by atoms with Crippen molar-refractivity contribution in [2.45, 2.75) is 174 Å². The highest BCUT2D eigenvalue weighted by molar-refractivity contribution is 7.91. The molecule has 5 saturated carbocycles. The van der Waals surface area contributed by atoms with Gasteiger partial charge in [-0.15, -0.1) is 22.7 Å². The number of nitrogens with zero attached hydrogens (tertiary/aromatic N) is 6. The van der Waals surface area contributed by atoms with Gasteiger partial charge in [0, 0.05) is 96.7 Å². The first-order chi connectivity index (χ1) is 46.8. The van der Waals surface area contributed by atoms with E-state index in [0.29, 0.717) is 93.1 Å². The van der Waals surface area contributed by atoms with Crippen LogP contribution in [-0.2, 0) is 38.8 Å². The number of hydrogen-bond donors (Lipinski definition) is 2. The summed E-state index contributed by atoms with van der Waals surface area (Å²) in [5, 5.41) is 16.8. The van der Waals surface area contributed by atoms with E-state index in [1.807, 2.05) is 79.9 Å². The molecule has 2 aliphatic heterocycles. The molecular formula is C75H91N7O13S3. The molecule has 0 unspecified atom stereocenters. The second-order valence-corrected chi connectivity index (χ2v) is 32.6. The van der Waals surface area contributed by atoms with Crippen molar-refractivity contribution in [2.24, 2.45) is 46.3 Å². The summed E-state index contributed by atoms with van der Waals surface area (Å²) in [5.74, 6) is -1.77. The maximum absolute atomic E-state index is 14.4. The van der Waals surface area contributed by atoms with E-state index >= 15 is 0 Å². The normalized spacial score (nSPS) is 27.6. The number of hydrogen-bond acceptors (Lipinski definition) is 18. The van der Waals surface area contributed by atoms with Crippen molar-refractivity contribution >= 4 is 89.8 Å². The Morgan fingerprint density at radius 1 is 0.612 bits per heavy atom. The number of benzene rings is 2. The molecular weight excluding hydrogens is 1300 g/mol. The lowest BCUT2D eigenvalue weighted by Crippen LogP contribution is -2.42. The maximum atomic E-state index is 14.4. The molecule has 2 N–H and O–H groups in total. The summed E-state index contributed by atoms with van der Waals surface area (Å²) >= 11 is 3.06. The monoisotopic (exact) mass is 1390 g/mol. The van der Waals surface area contributed by atoms with Crippen molar-refractivity contribution in [3.05, 3.63) is 94.0 Å². The van der Waals surface area contributed by atoms with E-state index in [1.54, 1.807) is 38.1 Å². The zero-order valence-corrected chi connectivity index (χ0v) is 60.2. The standard InChI is InChI=1S/C39H48N4O7S2.C36H43N3O6S/c1-22(2)31-21-51-36(41-31)30-18-34(27-13-14-33(49-5)23(3)35(27)40-30)50-25-16-28-29(17-25)37(45)43(4)15-9-7-6-8-10-24-19-39(24,20-32(28)44)38(46)42-52(47,48)26-11-12-26;1-20(2)28-19-46-33(38-28)27-16-31(24-11-12-30(44-5)21(3)32(24)37-27)45-23-14-25-26(15-23)34(41)39(4)13-9-7-6-8-10-22-17-36(22,35(42)43)18-29(25)40/h8,10,13-14,18,21-22,24-26,28-29H,6-7,9,11-12,15-17,19-20H2,1-5H3,(H,42,46);8,10-12,16,19-20,22-23,25-26H,6-7,9,13-15,17-18H2,1-5H3,(H,42,43)/b2*10-8-/t24-,25-,28-,29-,39-;22-,23-,25-,26-,36-/m11/s1. The molecule has 10 atom stereocenters. The summed E-state index contributed by atoms with van der Waals surface area (Å²) in [6.45, 7) is 13.5. The van der Waals surface area contributed by atoms with E-state index in [2.05, 4.69) is 37.8 Å². The average Bonchev–Trinajstić information content (AvgIpc) is 1.57. The number of methoxy groups -OCH3 is 2. The number of sulfonamides is 1. The van der Waals surface area contributed by atoms with Crippen LogP contribution in [-0.4, -0.2) is 137 Å². The minimum atomic E-state index is -3.79. The molecule has 13 rings (SSSR count). The molecule has 0 radical (unpaired) electrons. The van der Waals surface area contributed by atoms with Crippen LogP contribution < -0.4 is 23.7 Å². The number of pyridine rings is 2. The molecule has 0 spiro atoms. The van der Waals surface area contributed by atoms with Crippen LogP contribution in [0.1, 0.15) is 165 Å². The van der Waals surface area contributed by atoms with Crippen molar-refractivity contribution in [3.63, 3.8) is 0 Å². The van der Waals surface area contributed by atoms with Gasteiger partial charge >= 0.3 is 5.97 Å². The van der Waals surface area contributed by atoms with E-state index in [9.17, 15) is 42.3 Å². The summed E-state index contributed by atoms with van der Waals surface area (Å²) in [6, 6.07) is 11.4. The third kappa shape index (κ3) is 14.4. The second-order valence-electron chi connectivity index (χ2n) is 29.0. The smallest absolute Gasteiger partial charge is 0.310 e. The van der Waals surface area contributed by atoms with Crippen LogP contribution >= 0.6 is 22.7 Å². The minimum Gasteiger partial charge on any atom is -0.496 e. The molecule has 7 aliphatic rings. The average molecular weight is 1390 g/mol. The quantitative estimate of drug-likeness (QED) is 0.0960. The van der Waals surface area contributed by atoms with Gasteiger partial charge in [-0.2, -0.15) is 0 Å². The van der Waals surface area contributed by atoms with Gasteiger partial charge < -0.3 is 33.9 Å². The van der Waals surface area contributed by atoms with Gasteiger partial charge in [0.1, 0.15) is 68.2 Å². The largest absolute Gasteiger partial charge is 0.496 e. The molecule has 0 saturated heterocycles. The number of aromatic nitrogens is 4. The number of carbonyl (C=O) groups is 6. The zero-order chi connectivity index (χ0) is 69.7. The Morgan fingerprint density at radius 2 is 1.04 bits per heavy atom. The molecule has 6 heterocycles. The highest BCUT2D eigenvalue weighted by Crippen LogP contribution is 2.59. The number of fused-ring (bicyclic) bond motifs is 6. The molecule has 522 valence electrons. The fourth-order valence-electron chi connectivity index (χ4n) is 15.1. The molecule has 2 aromatic carbocycles. The molecule has 0 bridgehead atoms. The molecule has 6 aromatic rings. The predicted octanol–water partition coefficient (Wildman–Crippen LogP) is 13.2. The van der Waals surface area contributed by atoms with Gasteiger partial charge in [0.2, 0.25) is 27.7 Å². The number of ether oxygens (including phenoxy) is 4. The molecule has 20 nitrogen and oxygen atoms in total. The minimum absolute atomic E-state index is 0.0637. The summed E-state index contributed by atoms with van der Waals surface area (Å²) in [5.41, 5.74) is 4.32. The number of aryl methyl sites for hydroxylation is 2. The van der Waals surface area contributed by atoms with Crippen LogP contribution in [0.3, 0.4) is 0 Å². The summed E-state index contributed by atoms with van der Waals surface area (Å²) in [6.07, 6.45) is 15.3. The highest BCUT2D eigenvalue weighted by atomic mass is 32.2. The van der Waals surface area contributed by atoms with Crippen LogP contribution in [0.4, 0.5) is 0 Å². The first-order valence-corrected chi connectivity index (χ1v) is 38.0. The number of rotatable bonds is 14.